The molecule has 1 fully saturated rings. The van der Waals surface area contributed by atoms with E-state index in [2.05, 4.69) is 9.88 Å². The maximum Gasteiger partial charge on any atom is 0.275 e. The molecule has 5 nitrogen and oxygen atoms in total. The summed E-state index contributed by atoms with van der Waals surface area (Å²) in [5, 5.41) is 0.670. The number of nitrogens with zero attached hydrogens (tertiary/aromatic N) is 3. The molecule has 4 rings (SSSR count). The van der Waals surface area contributed by atoms with Crippen molar-refractivity contribution in [3.63, 3.8) is 0 Å². The van der Waals surface area contributed by atoms with E-state index >= 15 is 0 Å². The van der Waals surface area contributed by atoms with Gasteiger partial charge < -0.3 is 9.32 Å². The number of carbonyl (C=O) groups excluding carboxylic acids is 1. The van der Waals surface area contributed by atoms with Crippen molar-refractivity contribution in [2.45, 2.75) is 32.5 Å². The molecular weight excluding hydrogens is 405 g/mol. The van der Waals surface area contributed by atoms with Crippen molar-refractivity contribution in [1.29, 1.82) is 0 Å². The lowest BCUT2D eigenvalue weighted by Crippen LogP contribution is -2.28. The molecule has 2 heterocycles. The molecule has 1 aliphatic rings. The van der Waals surface area contributed by atoms with E-state index in [9.17, 15) is 9.18 Å². The van der Waals surface area contributed by atoms with E-state index in [-0.39, 0.29) is 11.7 Å². The average molecular weight is 428 g/mol. The number of likely N-dealkylation sites (tertiary alicyclic amines) is 1. The first-order valence-corrected chi connectivity index (χ1v) is 10.4. The van der Waals surface area contributed by atoms with Crippen LogP contribution in [0, 0.1) is 5.82 Å². The number of amides is 1. The van der Waals surface area contributed by atoms with Crippen LogP contribution in [0.1, 0.15) is 40.3 Å². The zero-order valence-electron chi connectivity index (χ0n) is 16.6. The van der Waals surface area contributed by atoms with E-state index in [0.717, 1.165) is 37.1 Å². The molecule has 30 heavy (non-hydrogen) atoms. The molecule has 1 amide bonds. The standard InChI is InChI=1S/C23H23ClFN3O2/c24-19-5-3-4-18(12-19)14-27(13-17-6-8-20(25)9-7-17)15-22-26-21(16-30-22)23(29)28-10-1-2-11-28/h3-9,12,16H,1-2,10-11,13-15H2. The number of aromatic nitrogens is 1. The zero-order chi connectivity index (χ0) is 20.9. The summed E-state index contributed by atoms with van der Waals surface area (Å²) < 4.78 is 18.9. The Hall–Kier alpha value is -2.70. The number of hydrogen-bond donors (Lipinski definition) is 0. The molecule has 0 spiro atoms. The Labute approximate surface area is 180 Å². The van der Waals surface area contributed by atoms with Crippen LogP contribution >= 0.6 is 11.6 Å². The van der Waals surface area contributed by atoms with E-state index in [1.807, 2.05) is 29.2 Å². The van der Waals surface area contributed by atoms with Gasteiger partial charge in [-0.2, -0.15) is 0 Å². The summed E-state index contributed by atoms with van der Waals surface area (Å²) in [6.45, 7) is 3.14. The Morgan fingerprint density at radius 1 is 1.07 bits per heavy atom. The Morgan fingerprint density at radius 3 is 2.53 bits per heavy atom. The molecule has 0 radical (unpaired) electrons. The largest absolute Gasteiger partial charge is 0.447 e. The van der Waals surface area contributed by atoms with Crippen LogP contribution in [0.3, 0.4) is 0 Å². The lowest BCUT2D eigenvalue weighted by atomic mass is 10.1. The van der Waals surface area contributed by atoms with E-state index in [1.54, 1.807) is 12.1 Å². The zero-order valence-corrected chi connectivity index (χ0v) is 17.3. The highest BCUT2D eigenvalue weighted by Crippen LogP contribution is 2.18. The van der Waals surface area contributed by atoms with Crippen molar-refractivity contribution in [3.8, 4) is 0 Å². The van der Waals surface area contributed by atoms with Crippen molar-refractivity contribution in [2.75, 3.05) is 13.1 Å². The number of oxazole rings is 1. The van der Waals surface area contributed by atoms with Crippen molar-refractivity contribution >= 4 is 17.5 Å². The number of benzene rings is 2. The molecule has 0 N–H and O–H groups in total. The molecule has 3 aromatic rings. The van der Waals surface area contributed by atoms with Gasteiger partial charge in [0.2, 0.25) is 5.89 Å². The van der Waals surface area contributed by atoms with E-state index in [1.165, 1.54) is 18.4 Å². The monoisotopic (exact) mass is 427 g/mol. The third-order valence-electron chi connectivity index (χ3n) is 5.14. The highest BCUT2D eigenvalue weighted by atomic mass is 35.5. The van der Waals surface area contributed by atoms with E-state index in [4.69, 9.17) is 16.0 Å². The fraction of sp³-hybridized carbons (Fsp3) is 0.304. The van der Waals surface area contributed by atoms with Crippen molar-refractivity contribution in [1.82, 2.24) is 14.8 Å². The summed E-state index contributed by atoms with van der Waals surface area (Å²) in [7, 11) is 0. The molecule has 0 bridgehead atoms. The number of hydrogen-bond acceptors (Lipinski definition) is 4. The molecule has 0 unspecified atom stereocenters. The van der Waals surface area contributed by atoms with Crippen LogP contribution in [0.15, 0.2) is 59.2 Å². The molecule has 1 aromatic heterocycles. The quantitative estimate of drug-likeness (QED) is 0.537. The third-order valence-corrected chi connectivity index (χ3v) is 5.37. The Morgan fingerprint density at radius 2 is 1.80 bits per heavy atom. The number of rotatable bonds is 7. The summed E-state index contributed by atoms with van der Waals surface area (Å²) in [5.74, 6) is 0.127. The first-order valence-electron chi connectivity index (χ1n) is 10.0. The third kappa shape index (κ3) is 5.26. The minimum absolute atomic E-state index is 0.0811. The SMILES string of the molecule is O=C(c1coc(CN(Cc2ccc(F)cc2)Cc2cccc(Cl)c2)n1)N1CCCC1. The van der Waals surface area contributed by atoms with E-state index in [0.29, 0.717) is 36.2 Å². The molecule has 7 heteroatoms. The van der Waals surface area contributed by atoms with Crippen LogP contribution in [-0.2, 0) is 19.6 Å². The molecule has 156 valence electrons. The minimum Gasteiger partial charge on any atom is -0.447 e. The second kappa shape index (κ2) is 9.41. The van der Waals surface area contributed by atoms with Crippen LogP contribution in [0.5, 0.6) is 0 Å². The number of carbonyl (C=O) groups is 1. The summed E-state index contributed by atoms with van der Waals surface area (Å²) in [5.41, 5.74) is 2.36. The van der Waals surface area contributed by atoms with Gasteiger partial charge >= 0.3 is 0 Å². The lowest BCUT2D eigenvalue weighted by molar-refractivity contribution is 0.0787. The summed E-state index contributed by atoms with van der Waals surface area (Å²) in [4.78, 5) is 20.9. The second-order valence-corrected chi connectivity index (χ2v) is 7.96. The maximum atomic E-state index is 13.3. The van der Waals surface area contributed by atoms with Crippen molar-refractivity contribution in [2.24, 2.45) is 0 Å². The minimum atomic E-state index is -0.266. The first kappa shape index (κ1) is 20.6. The van der Waals surface area contributed by atoms with Gasteiger partial charge in [-0.15, -0.1) is 0 Å². The van der Waals surface area contributed by atoms with Gasteiger partial charge in [-0.3, -0.25) is 9.69 Å². The maximum absolute atomic E-state index is 13.3. The fourth-order valence-corrected chi connectivity index (χ4v) is 3.88. The predicted molar refractivity (Wildman–Crippen MR) is 112 cm³/mol. The van der Waals surface area contributed by atoms with Gasteiger partial charge in [-0.05, 0) is 48.2 Å². The molecule has 0 atom stereocenters. The van der Waals surface area contributed by atoms with Gasteiger partial charge in [0, 0.05) is 31.2 Å². The van der Waals surface area contributed by atoms with Crippen LogP contribution in [0.25, 0.3) is 0 Å². The highest BCUT2D eigenvalue weighted by Gasteiger charge is 2.23. The van der Waals surface area contributed by atoms with Gasteiger partial charge in [0.15, 0.2) is 5.69 Å². The predicted octanol–water partition coefficient (Wildman–Crippen LogP) is 4.91. The van der Waals surface area contributed by atoms with Crippen molar-refractivity contribution in [3.05, 3.63) is 88.3 Å². The van der Waals surface area contributed by atoms with Crippen LogP contribution in [-0.4, -0.2) is 33.8 Å². The second-order valence-electron chi connectivity index (χ2n) is 7.53. The summed E-state index contributed by atoms with van der Waals surface area (Å²) in [6, 6.07) is 14.1. The number of halogens is 2. The van der Waals surface area contributed by atoms with Gasteiger partial charge in [0.05, 0.1) is 6.54 Å². The first-order chi connectivity index (χ1) is 14.6. The molecule has 1 saturated heterocycles. The van der Waals surface area contributed by atoms with Crippen LogP contribution < -0.4 is 0 Å². The highest BCUT2D eigenvalue weighted by molar-refractivity contribution is 6.30. The smallest absolute Gasteiger partial charge is 0.275 e. The molecular formula is C23H23ClFN3O2. The Bertz CT molecular complexity index is 1000. The molecule has 1 aliphatic heterocycles. The Balaban J connectivity index is 1.50. The molecule has 0 saturated carbocycles. The molecule has 2 aromatic carbocycles. The fourth-order valence-electron chi connectivity index (χ4n) is 3.66. The topological polar surface area (TPSA) is 49.6 Å². The normalized spacial score (nSPS) is 13.9. The van der Waals surface area contributed by atoms with Gasteiger partial charge in [-0.25, -0.2) is 9.37 Å². The summed E-state index contributed by atoms with van der Waals surface area (Å²) >= 11 is 6.13. The van der Waals surface area contributed by atoms with Crippen molar-refractivity contribution < 1.29 is 13.6 Å². The summed E-state index contributed by atoms with van der Waals surface area (Å²) in [6.07, 6.45) is 3.49. The van der Waals surface area contributed by atoms with Gasteiger partial charge in [-0.1, -0.05) is 35.9 Å². The van der Waals surface area contributed by atoms with Crippen LogP contribution in [0.2, 0.25) is 5.02 Å². The van der Waals surface area contributed by atoms with Gasteiger partial charge in [0.1, 0.15) is 12.1 Å². The lowest BCUT2D eigenvalue weighted by Gasteiger charge is -2.21. The van der Waals surface area contributed by atoms with Crippen LogP contribution in [0.4, 0.5) is 4.39 Å². The van der Waals surface area contributed by atoms with Gasteiger partial charge in [0.25, 0.3) is 5.91 Å². The Kier molecular flexibility index (Phi) is 6.45. The molecule has 0 aliphatic carbocycles. The van der Waals surface area contributed by atoms with E-state index < -0.39 is 0 Å². The average Bonchev–Trinajstić information content (AvgIpc) is 3.41.